The molecule has 1 fully saturated rings. The molecule has 2 aliphatic carbocycles. The molecular formula is C20H16Ti. The summed E-state index contributed by atoms with van der Waals surface area (Å²) in [6.45, 7) is 0. The van der Waals surface area contributed by atoms with Gasteiger partial charge < -0.3 is 0 Å². The summed E-state index contributed by atoms with van der Waals surface area (Å²) in [5.41, 5.74) is 9.61. The SMILES string of the molecule is C1=C2CCC3=Cc4ccccc4[CH]3[Ti][CH]2c2ccccc21. The van der Waals surface area contributed by atoms with Crippen LogP contribution in [0.4, 0.5) is 0 Å². The van der Waals surface area contributed by atoms with Crippen LogP contribution in [0.2, 0.25) is 0 Å². The molecule has 3 aliphatic rings. The van der Waals surface area contributed by atoms with Gasteiger partial charge in [-0.2, -0.15) is 0 Å². The summed E-state index contributed by atoms with van der Waals surface area (Å²) in [6, 6.07) is 18.1. The fourth-order valence-corrected chi connectivity index (χ4v) is 7.34. The fourth-order valence-electron chi connectivity index (χ4n) is 4.06. The molecule has 0 nitrogen and oxygen atoms in total. The summed E-state index contributed by atoms with van der Waals surface area (Å²) in [4.78, 5) is 0. The maximum atomic E-state index is 2.48. The molecule has 0 saturated carbocycles. The number of benzene rings is 2. The number of fused-ring (bicyclic) bond motifs is 6. The second-order valence-electron chi connectivity index (χ2n) is 6.23. The van der Waals surface area contributed by atoms with Crippen LogP contribution in [0.15, 0.2) is 59.7 Å². The Balaban J connectivity index is 1.60. The van der Waals surface area contributed by atoms with Gasteiger partial charge in [0, 0.05) is 0 Å². The molecule has 2 aromatic rings. The van der Waals surface area contributed by atoms with Crippen molar-refractivity contribution in [2.45, 2.75) is 21.3 Å². The van der Waals surface area contributed by atoms with Crippen molar-refractivity contribution < 1.29 is 19.2 Å². The van der Waals surface area contributed by atoms with E-state index < -0.39 is 0 Å². The van der Waals surface area contributed by atoms with E-state index in [-0.39, 0.29) is 19.2 Å². The first-order chi connectivity index (χ1) is 10.4. The first-order valence-corrected chi connectivity index (χ1v) is 9.55. The molecule has 0 spiro atoms. The minimum absolute atomic E-state index is 0.0744. The average Bonchev–Trinajstić information content (AvgIpc) is 3.00. The second-order valence-corrected chi connectivity index (χ2v) is 8.55. The van der Waals surface area contributed by atoms with E-state index in [4.69, 9.17) is 0 Å². The third-order valence-electron chi connectivity index (χ3n) is 5.07. The van der Waals surface area contributed by atoms with Gasteiger partial charge in [0.1, 0.15) is 0 Å². The van der Waals surface area contributed by atoms with Gasteiger partial charge in [-0.3, -0.25) is 0 Å². The van der Waals surface area contributed by atoms with Gasteiger partial charge in [0.15, 0.2) is 0 Å². The third kappa shape index (κ3) is 1.79. The van der Waals surface area contributed by atoms with Crippen molar-refractivity contribution in [1.82, 2.24) is 0 Å². The monoisotopic (exact) mass is 304 g/mol. The molecule has 1 saturated heterocycles. The Bertz CT molecular complexity index is 729. The van der Waals surface area contributed by atoms with E-state index in [0.717, 1.165) is 8.45 Å². The zero-order valence-electron chi connectivity index (χ0n) is 11.8. The molecule has 21 heavy (non-hydrogen) atoms. The quantitative estimate of drug-likeness (QED) is 0.591. The normalized spacial score (nSPS) is 24.8. The van der Waals surface area contributed by atoms with Crippen LogP contribution in [0.5, 0.6) is 0 Å². The standard InChI is InChI=1S/C20H16.Ti/c1-2-6-18-12-15(11-17(18)5-1)9-10-16-13-19-7-3-4-8-20(19)14-16;/h1-8,11-14H,9-10H2;. The van der Waals surface area contributed by atoms with Crippen LogP contribution in [0, 0.1) is 0 Å². The third-order valence-corrected chi connectivity index (χ3v) is 8.24. The van der Waals surface area contributed by atoms with Crippen LogP contribution >= 0.6 is 0 Å². The van der Waals surface area contributed by atoms with Gasteiger partial charge in [0.05, 0.1) is 0 Å². The molecule has 5 rings (SSSR count). The summed E-state index contributed by atoms with van der Waals surface area (Å²) >= 11 is -0.0744. The first kappa shape index (κ1) is 12.2. The predicted octanol–water partition coefficient (Wildman–Crippen LogP) is 5.14. The fraction of sp³-hybridized carbons (Fsp3) is 0.200. The van der Waals surface area contributed by atoms with E-state index in [1.807, 2.05) is 0 Å². The van der Waals surface area contributed by atoms with E-state index in [1.165, 1.54) is 24.0 Å². The number of hydrogen-bond donors (Lipinski definition) is 0. The van der Waals surface area contributed by atoms with Crippen LogP contribution < -0.4 is 0 Å². The Morgan fingerprint density at radius 1 is 0.667 bits per heavy atom. The average molecular weight is 304 g/mol. The van der Waals surface area contributed by atoms with Crippen molar-refractivity contribution >= 4 is 12.2 Å². The van der Waals surface area contributed by atoms with E-state index in [2.05, 4.69) is 60.7 Å². The topological polar surface area (TPSA) is 0 Å². The number of hydrogen-bond acceptors (Lipinski definition) is 0. The number of allylic oxidation sites excluding steroid dienone is 2. The second kappa shape index (κ2) is 4.56. The maximum absolute atomic E-state index is 2.48. The van der Waals surface area contributed by atoms with Gasteiger partial charge in [-0.25, -0.2) is 0 Å². The van der Waals surface area contributed by atoms with Crippen molar-refractivity contribution in [2.75, 3.05) is 0 Å². The van der Waals surface area contributed by atoms with Crippen LogP contribution in [0.3, 0.4) is 0 Å². The van der Waals surface area contributed by atoms with Gasteiger partial charge >= 0.3 is 135 Å². The van der Waals surface area contributed by atoms with Crippen LogP contribution in [-0.4, -0.2) is 0 Å². The van der Waals surface area contributed by atoms with Crippen LogP contribution in [-0.2, 0) is 19.2 Å². The number of rotatable bonds is 0. The van der Waals surface area contributed by atoms with Crippen molar-refractivity contribution in [3.63, 3.8) is 0 Å². The Kier molecular flexibility index (Phi) is 2.65. The van der Waals surface area contributed by atoms with Crippen molar-refractivity contribution in [3.05, 3.63) is 81.9 Å². The van der Waals surface area contributed by atoms with Gasteiger partial charge in [-0.15, -0.1) is 0 Å². The molecule has 0 aromatic heterocycles. The Morgan fingerprint density at radius 2 is 1.14 bits per heavy atom. The predicted molar refractivity (Wildman–Crippen MR) is 83.6 cm³/mol. The summed E-state index contributed by atoms with van der Waals surface area (Å²) in [6.07, 6.45) is 7.49. The molecule has 2 atom stereocenters. The van der Waals surface area contributed by atoms with E-state index >= 15 is 0 Å². The summed E-state index contributed by atoms with van der Waals surface area (Å²) in [5, 5.41) is 0. The van der Waals surface area contributed by atoms with Crippen LogP contribution in [0.1, 0.15) is 43.5 Å². The molecule has 2 unspecified atom stereocenters. The first-order valence-electron chi connectivity index (χ1n) is 7.75. The molecule has 0 N–H and O–H groups in total. The zero-order chi connectivity index (χ0) is 13.8. The molecule has 2 aromatic carbocycles. The van der Waals surface area contributed by atoms with Crippen LogP contribution in [0.25, 0.3) is 12.2 Å². The molecule has 1 heteroatoms. The van der Waals surface area contributed by atoms with E-state index in [0.29, 0.717) is 0 Å². The van der Waals surface area contributed by atoms with Gasteiger partial charge in [0.25, 0.3) is 0 Å². The van der Waals surface area contributed by atoms with Gasteiger partial charge in [0.2, 0.25) is 0 Å². The van der Waals surface area contributed by atoms with E-state index in [9.17, 15) is 0 Å². The van der Waals surface area contributed by atoms with E-state index in [1.54, 1.807) is 22.3 Å². The molecule has 0 radical (unpaired) electrons. The molecular weight excluding hydrogens is 288 g/mol. The molecule has 0 bridgehead atoms. The van der Waals surface area contributed by atoms with Crippen molar-refractivity contribution in [1.29, 1.82) is 0 Å². The van der Waals surface area contributed by atoms with Gasteiger partial charge in [-0.05, 0) is 0 Å². The molecule has 1 heterocycles. The summed E-state index contributed by atoms with van der Waals surface area (Å²) in [7, 11) is 0. The Labute approximate surface area is 134 Å². The minimum atomic E-state index is -0.0744. The summed E-state index contributed by atoms with van der Waals surface area (Å²) < 4.78 is 1.53. The molecule has 100 valence electrons. The zero-order valence-corrected chi connectivity index (χ0v) is 13.4. The molecule has 0 amide bonds. The Morgan fingerprint density at radius 3 is 1.67 bits per heavy atom. The molecule has 1 aliphatic heterocycles. The van der Waals surface area contributed by atoms with Crippen molar-refractivity contribution in [3.8, 4) is 0 Å². The Hall–Kier alpha value is -1.37. The van der Waals surface area contributed by atoms with Gasteiger partial charge in [-0.1, -0.05) is 0 Å². The summed E-state index contributed by atoms with van der Waals surface area (Å²) in [5.74, 6) is 0. The van der Waals surface area contributed by atoms with Crippen molar-refractivity contribution in [2.24, 2.45) is 0 Å².